The molecular formula is C10H19ClO3. The van der Waals surface area contributed by atoms with Crippen LogP contribution in [0.25, 0.3) is 0 Å². The molecule has 1 unspecified atom stereocenters. The van der Waals surface area contributed by atoms with Crippen LogP contribution in [-0.4, -0.2) is 36.1 Å². The lowest BCUT2D eigenvalue weighted by Crippen LogP contribution is -2.28. The fourth-order valence-corrected chi connectivity index (χ4v) is 1.79. The zero-order valence-corrected chi connectivity index (χ0v) is 9.37. The van der Waals surface area contributed by atoms with Crippen LogP contribution in [0.2, 0.25) is 0 Å². The maximum Gasteiger partial charge on any atom is 0.155 e. The minimum absolute atomic E-state index is 0.131. The molecule has 0 bridgehead atoms. The summed E-state index contributed by atoms with van der Waals surface area (Å²) in [5.41, 5.74) is 0. The Hall–Kier alpha value is 0.170. The zero-order chi connectivity index (χ0) is 10.4. The molecule has 0 aromatic rings. The minimum atomic E-state index is -0.186. The van der Waals surface area contributed by atoms with Crippen LogP contribution >= 0.6 is 11.6 Å². The van der Waals surface area contributed by atoms with Crippen molar-refractivity contribution in [2.24, 2.45) is 0 Å². The van der Waals surface area contributed by atoms with Crippen LogP contribution < -0.4 is 0 Å². The summed E-state index contributed by atoms with van der Waals surface area (Å²) in [5.74, 6) is 0.497. The Morgan fingerprint density at radius 2 is 2.00 bits per heavy atom. The second-order valence-electron chi connectivity index (χ2n) is 3.69. The normalized spacial score (nSPS) is 30.2. The fraction of sp³-hybridized carbons (Fsp3) is 1.00. The fourth-order valence-electron chi connectivity index (χ4n) is 1.70. The van der Waals surface area contributed by atoms with Gasteiger partial charge in [0, 0.05) is 5.88 Å². The molecule has 1 aliphatic rings. The van der Waals surface area contributed by atoms with Gasteiger partial charge in [0.25, 0.3) is 0 Å². The monoisotopic (exact) mass is 222 g/mol. The first-order chi connectivity index (χ1) is 6.72. The molecule has 1 N–H and O–H groups in total. The number of alkyl halides is 1. The lowest BCUT2D eigenvalue weighted by molar-refractivity contribution is -0.167. The molecule has 0 aromatic carbocycles. The molecule has 1 atom stereocenters. The van der Waals surface area contributed by atoms with Gasteiger partial charge >= 0.3 is 0 Å². The average molecular weight is 223 g/mol. The van der Waals surface area contributed by atoms with E-state index in [1.54, 1.807) is 0 Å². The quantitative estimate of drug-likeness (QED) is 0.571. The van der Waals surface area contributed by atoms with Crippen LogP contribution in [-0.2, 0) is 9.47 Å². The van der Waals surface area contributed by atoms with Crippen molar-refractivity contribution < 1.29 is 14.6 Å². The molecule has 0 amide bonds. The van der Waals surface area contributed by atoms with E-state index in [1.165, 1.54) is 0 Å². The number of aliphatic hydroxyl groups is 1. The molecule has 0 saturated heterocycles. The molecule has 14 heavy (non-hydrogen) atoms. The Bertz CT molecular complexity index is 146. The topological polar surface area (TPSA) is 38.7 Å². The third kappa shape index (κ3) is 4.60. The van der Waals surface area contributed by atoms with Crippen LogP contribution in [0.4, 0.5) is 0 Å². The highest BCUT2D eigenvalue weighted by Crippen LogP contribution is 2.22. The van der Waals surface area contributed by atoms with Crippen molar-refractivity contribution in [3.05, 3.63) is 0 Å². The Morgan fingerprint density at radius 1 is 1.36 bits per heavy atom. The van der Waals surface area contributed by atoms with Gasteiger partial charge in [-0.1, -0.05) is 0 Å². The Labute approximate surface area is 90.3 Å². The summed E-state index contributed by atoms with van der Waals surface area (Å²) in [6.45, 7) is 2.41. The van der Waals surface area contributed by atoms with Crippen molar-refractivity contribution in [1.29, 1.82) is 0 Å². The van der Waals surface area contributed by atoms with Crippen LogP contribution in [0, 0.1) is 0 Å². The summed E-state index contributed by atoms with van der Waals surface area (Å²) in [6, 6.07) is 0. The molecule has 1 rings (SSSR count). The minimum Gasteiger partial charge on any atom is -0.393 e. The highest BCUT2D eigenvalue weighted by Gasteiger charge is 2.21. The third-order valence-electron chi connectivity index (χ3n) is 2.46. The van der Waals surface area contributed by atoms with Crippen molar-refractivity contribution in [1.82, 2.24) is 0 Å². The summed E-state index contributed by atoms with van der Waals surface area (Å²) in [4.78, 5) is 0. The van der Waals surface area contributed by atoms with Gasteiger partial charge in [0.1, 0.15) is 0 Å². The second-order valence-corrected chi connectivity index (χ2v) is 4.07. The van der Waals surface area contributed by atoms with Crippen molar-refractivity contribution >= 4 is 11.6 Å². The van der Waals surface area contributed by atoms with Crippen LogP contribution in [0.1, 0.15) is 32.6 Å². The van der Waals surface area contributed by atoms with Crippen molar-refractivity contribution in [2.45, 2.75) is 51.1 Å². The number of hydrogen-bond acceptors (Lipinski definition) is 3. The number of ether oxygens (including phenoxy) is 2. The number of rotatable bonds is 5. The van der Waals surface area contributed by atoms with Gasteiger partial charge in [-0.15, -0.1) is 11.6 Å². The highest BCUT2D eigenvalue weighted by molar-refractivity contribution is 6.17. The SMILES string of the molecule is CC(OCCCl)OC1CCC(O)CC1. The second kappa shape index (κ2) is 6.62. The Kier molecular flexibility index (Phi) is 5.78. The lowest BCUT2D eigenvalue weighted by Gasteiger charge is -2.28. The first-order valence-electron chi connectivity index (χ1n) is 5.23. The van der Waals surface area contributed by atoms with E-state index >= 15 is 0 Å². The molecule has 0 spiro atoms. The van der Waals surface area contributed by atoms with Crippen molar-refractivity contribution in [3.8, 4) is 0 Å². The van der Waals surface area contributed by atoms with E-state index in [0.29, 0.717) is 12.5 Å². The summed E-state index contributed by atoms with van der Waals surface area (Å²) >= 11 is 5.49. The van der Waals surface area contributed by atoms with E-state index in [2.05, 4.69) is 0 Å². The average Bonchev–Trinajstić information content (AvgIpc) is 2.18. The maximum absolute atomic E-state index is 9.30. The van der Waals surface area contributed by atoms with Gasteiger partial charge in [-0.2, -0.15) is 0 Å². The van der Waals surface area contributed by atoms with Crippen LogP contribution in [0.5, 0.6) is 0 Å². The molecule has 0 heterocycles. The molecule has 84 valence electrons. The van der Waals surface area contributed by atoms with Gasteiger partial charge in [-0.25, -0.2) is 0 Å². The van der Waals surface area contributed by atoms with Crippen molar-refractivity contribution in [3.63, 3.8) is 0 Å². The standard InChI is InChI=1S/C10H19ClO3/c1-8(13-7-6-11)14-10-4-2-9(12)3-5-10/h8-10,12H,2-7H2,1H3. The van der Waals surface area contributed by atoms with Crippen molar-refractivity contribution in [2.75, 3.05) is 12.5 Å². The van der Waals surface area contributed by atoms with Crippen LogP contribution in [0.15, 0.2) is 0 Å². The summed E-state index contributed by atoms with van der Waals surface area (Å²) in [7, 11) is 0. The van der Waals surface area contributed by atoms with E-state index in [9.17, 15) is 5.11 Å². The van der Waals surface area contributed by atoms with Crippen LogP contribution in [0.3, 0.4) is 0 Å². The number of hydrogen-bond donors (Lipinski definition) is 1. The molecule has 1 fully saturated rings. The predicted molar refractivity (Wildman–Crippen MR) is 55.5 cm³/mol. The molecule has 0 aliphatic heterocycles. The number of halogens is 1. The lowest BCUT2D eigenvalue weighted by atomic mass is 9.95. The highest BCUT2D eigenvalue weighted by atomic mass is 35.5. The largest absolute Gasteiger partial charge is 0.393 e. The van der Waals surface area contributed by atoms with Gasteiger partial charge < -0.3 is 14.6 Å². The molecule has 0 aromatic heterocycles. The smallest absolute Gasteiger partial charge is 0.155 e. The van der Waals surface area contributed by atoms with Gasteiger partial charge in [-0.05, 0) is 32.6 Å². The Morgan fingerprint density at radius 3 is 2.57 bits per heavy atom. The van der Waals surface area contributed by atoms with Gasteiger partial charge in [0.15, 0.2) is 6.29 Å². The first kappa shape index (κ1) is 12.2. The van der Waals surface area contributed by atoms with Gasteiger partial charge in [0.2, 0.25) is 0 Å². The van der Waals surface area contributed by atoms with E-state index in [1.807, 2.05) is 6.92 Å². The third-order valence-corrected chi connectivity index (χ3v) is 2.61. The van der Waals surface area contributed by atoms with Gasteiger partial charge in [0.05, 0.1) is 18.8 Å². The molecule has 1 aliphatic carbocycles. The zero-order valence-electron chi connectivity index (χ0n) is 8.62. The first-order valence-corrected chi connectivity index (χ1v) is 5.77. The summed E-state index contributed by atoms with van der Waals surface area (Å²) < 4.78 is 11.0. The molecule has 1 saturated carbocycles. The van der Waals surface area contributed by atoms with E-state index in [-0.39, 0.29) is 18.5 Å². The Balaban J connectivity index is 2.10. The van der Waals surface area contributed by atoms with E-state index in [0.717, 1.165) is 25.7 Å². The van der Waals surface area contributed by atoms with E-state index in [4.69, 9.17) is 21.1 Å². The predicted octanol–water partition coefficient (Wildman–Crippen LogP) is 1.91. The molecular weight excluding hydrogens is 204 g/mol. The summed E-state index contributed by atoms with van der Waals surface area (Å²) in [5, 5.41) is 9.30. The summed E-state index contributed by atoms with van der Waals surface area (Å²) in [6.07, 6.45) is 3.46. The van der Waals surface area contributed by atoms with E-state index < -0.39 is 0 Å². The number of aliphatic hydroxyl groups excluding tert-OH is 1. The maximum atomic E-state index is 9.30. The van der Waals surface area contributed by atoms with Gasteiger partial charge in [-0.3, -0.25) is 0 Å². The molecule has 4 heteroatoms. The molecule has 0 radical (unpaired) electrons. The molecule has 3 nitrogen and oxygen atoms in total.